The summed E-state index contributed by atoms with van der Waals surface area (Å²) in [6.45, 7) is 8.53. The van der Waals surface area contributed by atoms with E-state index in [0.29, 0.717) is 6.54 Å². The van der Waals surface area contributed by atoms with Crippen molar-refractivity contribution >= 4 is 16.6 Å². The van der Waals surface area contributed by atoms with Gasteiger partial charge in [-0.25, -0.2) is 4.39 Å². The molecule has 2 heterocycles. The van der Waals surface area contributed by atoms with E-state index < -0.39 is 6.10 Å². The lowest BCUT2D eigenvalue weighted by Gasteiger charge is -2.37. The van der Waals surface area contributed by atoms with Crippen LogP contribution in [0, 0.1) is 19.7 Å². The summed E-state index contributed by atoms with van der Waals surface area (Å²) in [7, 11) is 0. The Kier molecular flexibility index (Phi) is 4.89. The number of aliphatic hydroxyl groups excluding tert-OH is 1. The maximum Gasteiger partial charge on any atom is 0.123 e. The first-order chi connectivity index (χ1) is 13.0. The number of anilines is 1. The molecule has 1 aliphatic heterocycles. The quantitative estimate of drug-likeness (QED) is 0.737. The fourth-order valence-corrected chi connectivity index (χ4v) is 3.96. The van der Waals surface area contributed by atoms with Crippen molar-refractivity contribution in [2.45, 2.75) is 20.0 Å². The Morgan fingerprint density at radius 3 is 2.63 bits per heavy atom. The van der Waals surface area contributed by atoms with Gasteiger partial charge in [0.05, 0.1) is 6.10 Å². The van der Waals surface area contributed by atoms with Crippen LogP contribution in [0.3, 0.4) is 0 Å². The Balaban J connectivity index is 1.41. The molecule has 0 unspecified atom stereocenters. The summed E-state index contributed by atoms with van der Waals surface area (Å²) >= 11 is 0. The van der Waals surface area contributed by atoms with Crippen LogP contribution >= 0.6 is 0 Å². The van der Waals surface area contributed by atoms with Gasteiger partial charge in [-0.2, -0.15) is 0 Å². The van der Waals surface area contributed by atoms with Crippen LogP contribution in [-0.4, -0.2) is 47.7 Å². The minimum absolute atomic E-state index is 0.280. The van der Waals surface area contributed by atoms with Crippen LogP contribution in [0.5, 0.6) is 0 Å². The number of hydrogen-bond donors (Lipinski definition) is 2. The first kappa shape index (κ1) is 18.0. The molecule has 1 aliphatic rings. The molecule has 4 nitrogen and oxygen atoms in total. The number of aliphatic hydroxyl groups is 1. The van der Waals surface area contributed by atoms with Crippen molar-refractivity contribution in [3.8, 4) is 0 Å². The molecule has 1 fully saturated rings. The second-order valence-corrected chi connectivity index (χ2v) is 7.53. The Morgan fingerprint density at radius 1 is 1.07 bits per heavy atom. The second kappa shape index (κ2) is 7.33. The molecule has 4 rings (SSSR count). The zero-order chi connectivity index (χ0) is 19.0. The fraction of sp³-hybridized carbons (Fsp3) is 0.364. The number of nitrogens with one attached hydrogen (secondary N) is 1. The minimum atomic E-state index is -0.632. The highest BCUT2D eigenvalue weighted by molar-refractivity contribution is 5.83. The average Bonchev–Trinajstić information content (AvgIpc) is 3.07. The topological polar surface area (TPSA) is 42.5 Å². The number of halogens is 1. The SMILES string of the molecule is Cc1ccc(C)c(N2CCN(C[C@@H](O)c3c[nH]c4ccc(F)cc34)CC2)c1. The molecule has 0 amide bonds. The van der Waals surface area contributed by atoms with Crippen LogP contribution in [0.15, 0.2) is 42.6 Å². The van der Waals surface area contributed by atoms with E-state index in [1.807, 2.05) is 0 Å². The molecule has 0 bridgehead atoms. The normalized spacial score (nSPS) is 16.8. The van der Waals surface area contributed by atoms with Crippen LogP contribution < -0.4 is 4.90 Å². The lowest BCUT2D eigenvalue weighted by atomic mass is 10.1. The van der Waals surface area contributed by atoms with E-state index >= 15 is 0 Å². The maximum absolute atomic E-state index is 13.6. The highest BCUT2D eigenvalue weighted by Gasteiger charge is 2.22. The summed E-state index contributed by atoms with van der Waals surface area (Å²) in [4.78, 5) is 7.83. The van der Waals surface area contributed by atoms with Crippen LogP contribution in [0.4, 0.5) is 10.1 Å². The van der Waals surface area contributed by atoms with E-state index in [9.17, 15) is 9.50 Å². The Morgan fingerprint density at radius 2 is 1.85 bits per heavy atom. The molecule has 5 heteroatoms. The Bertz CT molecular complexity index is 944. The molecule has 0 aliphatic carbocycles. The smallest absolute Gasteiger partial charge is 0.123 e. The fourth-order valence-electron chi connectivity index (χ4n) is 3.96. The number of benzene rings is 2. The summed E-state index contributed by atoms with van der Waals surface area (Å²) in [6.07, 6.45) is 1.16. The highest BCUT2D eigenvalue weighted by atomic mass is 19.1. The summed E-state index contributed by atoms with van der Waals surface area (Å²) in [5.41, 5.74) is 5.50. The molecule has 2 aromatic carbocycles. The van der Waals surface area contributed by atoms with Gasteiger partial charge in [-0.15, -0.1) is 0 Å². The van der Waals surface area contributed by atoms with Crippen LogP contribution in [0.25, 0.3) is 10.9 Å². The summed E-state index contributed by atoms with van der Waals surface area (Å²) < 4.78 is 13.6. The van der Waals surface area contributed by atoms with Crippen LogP contribution in [0.2, 0.25) is 0 Å². The van der Waals surface area contributed by atoms with Crippen LogP contribution in [0.1, 0.15) is 22.8 Å². The Hall–Kier alpha value is -2.37. The van der Waals surface area contributed by atoms with Gasteiger partial charge in [-0.1, -0.05) is 12.1 Å². The molecule has 27 heavy (non-hydrogen) atoms. The van der Waals surface area contributed by atoms with Crippen LogP contribution in [-0.2, 0) is 0 Å². The molecule has 0 spiro atoms. The lowest BCUT2D eigenvalue weighted by molar-refractivity contribution is 0.110. The van der Waals surface area contributed by atoms with E-state index in [1.165, 1.54) is 28.9 Å². The first-order valence-corrected chi connectivity index (χ1v) is 9.50. The van der Waals surface area contributed by atoms with Crippen molar-refractivity contribution in [2.24, 2.45) is 0 Å². The number of β-amino-alcohol motifs (C(OH)–C–C–N with tert-alkyl or cyclic N) is 1. The summed E-state index contributed by atoms with van der Waals surface area (Å²) in [6, 6.07) is 11.2. The third-order valence-corrected chi connectivity index (χ3v) is 5.54. The van der Waals surface area contributed by atoms with Gasteiger partial charge in [0.1, 0.15) is 5.82 Å². The third kappa shape index (κ3) is 3.70. The number of fused-ring (bicyclic) bond motifs is 1. The number of piperazine rings is 1. The number of aromatic nitrogens is 1. The largest absolute Gasteiger partial charge is 0.387 e. The molecule has 2 N–H and O–H groups in total. The van der Waals surface area contributed by atoms with E-state index in [0.717, 1.165) is 42.6 Å². The number of H-pyrrole nitrogens is 1. The standard InChI is InChI=1S/C22H26FN3O/c1-15-3-4-16(2)21(11-15)26-9-7-25(8-10-26)14-22(27)19-13-24-20-6-5-17(23)12-18(19)20/h3-6,11-13,22,24,27H,7-10,14H2,1-2H3/t22-/m1/s1. The number of hydrogen-bond acceptors (Lipinski definition) is 3. The third-order valence-electron chi connectivity index (χ3n) is 5.54. The highest BCUT2D eigenvalue weighted by Crippen LogP contribution is 2.27. The van der Waals surface area contributed by atoms with E-state index in [4.69, 9.17) is 0 Å². The van der Waals surface area contributed by atoms with Gasteiger partial charge in [0.15, 0.2) is 0 Å². The van der Waals surface area contributed by atoms with Gasteiger partial charge in [0.2, 0.25) is 0 Å². The average molecular weight is 367 g/mol. The number of aryl methyl sites for hydroxylation is 2. The van der Waals surface area contributed by atoms with Gasteiger partial charge >= 0.3 is 0 Å². The van der Waals surface area contributed by atoms with Gasteiger partial charge in [-0.05, 0) is 49.2 Å². The molecule has 1 saturated heterocycles. The van der Waals surface area contributed by atoms with Crippen molar-refractivity contribution in [2.75, 3.05) is 37.6 Å². The van der Waals surface area contributed by atoms with E-state index in [-0.39, 0.29) is 5.82 Å². The predicted molar refractivity (Wildman–Crippen MR) is 108 cm³/mol. The minimum Gasteiger partial charge on any atom is -0.387 e. The van der Waals surface area contributed by atoms with Crippen molar-refractivity contribution in [3.63, 3.8) is 0 Å². The molecular weight excluding hydrogens is 341 g/mol. The molecular formula is C22H26FN3O. The molecule has 3 aromatic rings. The number of rotatable bonds is 4. The zero-order valence-electron chi connectivity index (χ0n) is 15.9. The second-order valence-electron chi connectivity index (χ2n) is 7.53. The molecule has 1 aromatic heterocycles. The monoisotopic (exact) mass is 367 g/mol. The predicted octanol–water partition coefficient (Wildman–Crippen LogP) is 3.78. The molecule has 142 valence electrons. The lowest BCUT2D eigenvalue weighted by Crippen LogP contribution is -2.47. The van der Waals surface area contributed by atoms with Gasteiger partial charge < -0.3 is 15.0 Å². The molecule has 1 atom stereocenters. The van der Waals surface area contributed by atoms with Crippen molar-refractivity contribution < 1.29 is 9.50 Å². The van der Waals surface area contributed by atoms with E-state index in [2.05, 4.69) is 46.8 Å². The zero-order valence-corrected chi connectivity index (χ0v) is 15.9. The molecule has 0 saturated carbocycles. The van der Waals surface area contributed by atoms with Gasteiger partial charge in [0.25, 0.3) is 0 Å². The number of nitrogens with zero attached hydrogens (tertiary/aromatic N) is 2. The summed E-state index contributed by atoms with van der Waals surface area (Å²) in [5, 5.41) is 11.5. The van der Waals surface area contributed by atoms with Crippen molar-refractivity contribution in [3.05, 3.63) is 65.1 Å². The maximum atomic E-state index is 13.6. The first-order valence-electron chi connectivity index (χ1n) is 9.50. The van der Waals surface area contributed by atoms with E-state index in [1.54, 1.807) is 12.3 Å². The molecule has 0 radical (unpaired) electrons. The van der Waals surface area contributed by atoms with Crippen molar-refractivity contribution in [1.29, 1.82) is 0 Å². The van der Waals surface area contributed by atoms with Gasteiger partial charge in [-0.3, -0.25) is 4.90 Å². The Labute approximate surface area is 159 Å². The van der Waals surface area contributed by atoms with Gasteiger partial charge in [0, 0.05) is 61.1 Å². The number of aromatic amines is 1. The summed E-state index contributed by atoms with van der Waals surface area (Å²) in [5.74, 6) is -0.280. The van der Waals surface area contributed by atoms with Crippen molar-refractivity contribution in [1.82, 2.24) is 9.88 Å².